The van der Waals surface area contributed by atoms with Crippen LogP contribution in [0.2, 0.25) is 0 Å². The molecule has 0 fully saturated rings. The summed E-state index contributed by atoms with van der Waals surface area (Å²) in [6.07, 6.45) is 5.85. The second-order valence-electron chi connectivity index (χ2n) is 8.23. The number of nitrogens with one attached hydrogen (secondary N) is 3. The molecule has 0 aliphatic carbocycles. The molecule has 0 radical (unpaired) electrons. The Morgan fingerprint density at radius 2 is 1.97 bits per heavy atom. The van der Waals surface area contributed by atoms with Crippen molar-refractivity contribution in [3.63, 3.8) is 0 Å². The molecule has 2 aliphatic heterocycles. The monoisotopic (exact) mass is 459 g/mol. The molecule has 0 saturated heterocycles. The van der Waals surface area contributed by atoms with Gasteiger partial charge < -0.3 is 25.1 Å². The van der Waals surface area contributed by atoms with Gasteiger partial charge in [-0.1, -0.05) is 0 Å². The summed E-state index contributed by atoms with van der Waals surface area (Å²) in [4.78, 5) is 34.4. The van der Waals surface area contributed by atoms with Gasteiger partial charge in [-0.15, -0.1) is 0 Å². The maximum absolute atomic E-state index is 12.8. The van der Waals surface area contributed by atoms with Crippen molar-refractivity contribution in [1.82, 2.24) is 14.9 Å². The Labute approximate surface area is 196 Å². The minimum absolute atomic E-state index is 0.113. The number of anilines is 2. The molecule has 174 valence electrons. The van der Waals surface area contributed by atoms with Crippen molar-refractivity contribution in [2.75, 3.05) is 37.9 Å². The largest absolute Gasteiger partial charge is 0.493 e. The lowest BCUT2D eigenvalue weighted by atomic mass is 9.99. The van der Waals surface area contributed by atoms with E-state index in [0.717, 1.165) is 29.8 Å². The van der Waals surface area contributed by atoms with Gasteiger partial charge in [0.2, 0.25) is 5.91 Å². The summed E-state index contributed by atoms with van der Waals surface area (Å²) in [5, 5.41) is 5.81. The van der Waals surface area contributed by atoms with E-state index in [1.165, 1.54) is 5.56 Å². The van der Waals surface area contributed by atoms with E-state index >= 15 is 0 Å². The standard InChI is InChI=1S/C25H25N5O4/c1-33-21-9-15-5-8-30(13-16(15)10-22(21)34-2)14-24(31)28-17-3-4-20-18(11-17)19(25(32)29-20)12-23-26-6-7-27-23/h3-4,6-7,9-12H,5,8,13-14H2,1-2H3,(H,26,27)(H,28,31)(H,29,32)/b19-12-. The van der Waals surface area contributed by atoms with Crippen LogP contribution in [0.15, 0.2) is 42.7 Å². The Kier molecular flexibility index (Phi) is 5.77. The third-order valence-electron chi connectivity index (χ3n) is 6.05. The van der Waals surface area contributed by atoms with Crippen LogP contribution in [0.3, 0.4) is 0 Å². The number of aromatic nitrogens is 2. The zero-order valence-electron chi connectivity index (χ0n) is 19.0. The van der Waals surface area contributed by atoms with E-state index < -0.39 is 0 Å². The van der Waals surface area contributed by atoms with E-state index in [-0.39, 0.29) is 18.4 Å². The Balaban J connectivity index is 1.27. The normalized spacial score (nSPS) is 16.1. The number of nitrogens with zero attached hydrogens (tertiary/aromatic N) is 2. The van der Waals surface area contributed by atoms with Gasteiger partial charge in [0, 0.05) is 42.4 Å². The fraction of sp³-hybridized carbons (Fsp3) is 0.240. The van der Waals surface area contributed by atoms with Gasteiger partial charge >= 0.3 is 0 Å². The van der Waals surface area contributed by atoms with Crippen LogP contribution in [0.25, 0.3) is 11.6 Å². The van der Waals surface area contributed by atoms with Crippen molar-refractivity contribution >= 4 is 34.8 Å². The minimum Gasteiger partial charge on any atom is -0.493 e. The summed E-state index contributed by atoms with van der Waals surface area (Å²) >= 11 is 0. The van der Waals surface area contributed by atoms with Crippen molar-refractivity contribution < 1.29 is 19.1 Å². The van der Waals surface area contributed by atoms with Crippen LogP contribution in [-0.4, -0.2) is 54.0 Å². The number of hydrogen-bond acceptors (Lipinski definition) is 6. The van der Waals surface area contributed by atoms with Crippen molar-refractivity contribution in [2.24, 2.45) is 0 Å². The molecular formula is C25H25N5O4. The zero-order valence-corrected chi connectivity index (χ0v) is 19.0. The molecule has 9 nitrogen and oxygen atoms in total. The molecule has 3 N–H and O–H groups in total. The topological polar surface area (TPSA) is 109 Å². The Bertz CT molecular complexity index is 1280. The van der Waals surface area contributed by atoms with E-state index in [4.69, 9.17) is 9.47 Å². The predicted molar refractivity (Wildman–Crippen MR) is 129 cm³/mol. The number of carbonyl (C=O) groups is 2. The van der Waals surface area contributed by atoms with Gasteiger partial charge in [0.15, 0.2) is 11.5 Å². The molecule has 9 heteroatoms. The first kappa shape index (κ1) is 21.7. The lowest BCUT2D eigenvalue weighted by molar-refractivity contribution is -0.117. The van der Waals surface area contributed by atoms with Crippen LogP contribution in [0.5, 0.6) is 11.5 Å². The van der Waals surface area contributed by atoms with Crippen LogP contribution < -0.4 is 20.1 Å². The first-order valence-corrected chi connectivity index (χ1v) is 11.0. The fourth-order valence-electron chi connectivity index (χ4n) is 4.38. The first-order chi connectivity index (χ1) is 16.5. The number of hydrogen-bond donors (Lipinski definition) is 3. The van der Waals surface area contributed by atoms with Crippen molar-refractivity contribution in [3.05, 3.63) is 65.2 Å². The molecule has 0 unspecified atom stereocenters. The Morgan fingerprint density at radius 3 is 2.71 bits per heavy atom. The first-order valence-electron chi connectivity index (χ1n) is 11.0. The molecule has 5 rings (SSSR count). The van der Waals surface area contributed by atoms with Gasteiger partial charge in [0.25, 0.3) is 5.91 Å². The van der Waals surface area contributed by atoms with Gasteiger partial charge in [-0.3, -0.25) is 14.5 Å². The van der Waals surface area contributed by atoms with Crippen LogP contribution in [0.1, 0.15) is 22.5 Å². The predicted octanol–water partition coefficient (Wildman–Crippen LogP) is 2.92. The van der Waals surface area contributed by atoms with Gasteiger partial charge in [0.05, 0.1) is 26.3 Å². The van der Waals surface area contributed by atoms with E-state index in [2.05, 4.69) is 25.5 Å². The molecule has 0 atom stereocenters. The quantitative estimate of drug-likeness (QED) is 0.489. The van der Waals surface area contributed by atoms with E-state index in [0.29, 0.717) is 35.1 Å². The highest BCUT2D eigenvalue weighted by atomic mass is 16.5. The van der Waals surface area contributed by atoms with Crippen molar-refractivity contribution in [2.45, 2.75) is 13.0 Å². The third kappa shape index (κ3) is 4.25. The smallest absolute Gasteiger partial charge is 0.256 e. The number of rotatable bonds is 6. The fourth-order valence-corrected chi connectivity index (χ4v) is 4.38. The van der Waals surface area contributed by atoms with Gasteiger partial charge in [0.1, 0.15) is 5.82 Å². The summed E-state index contributed by atoms with van der Waals surface area (Å²) in [6.45, 7) is 1.69. The molecule has 0 saturated carbocycles. The number of H-pyrrole nitrogens is 1. The third-order valence-corrected chi connectivity index (χ3v) is 6.05. The highest BCUT2D eigenvalue weighted by molar-refractivity contribution is 6.35. The molecule has 2 amide bonds. The van der Waals surface area contributed by atoms with Crippen LogP contribution in [0, 0.1) is 0 Å². The molecule has 3 heterocycles. The second kappa shape index (κ2) is 9.03. The van der Waals surface area contributed by atoms with Crippen molar-refractivity contribution in [3.8, 4) is 11.5 Å². The number of ether oxygens (including phenoxy) is 2. The van der Waals surface area contributed by atoms with Gasteiger partial charge in [-0.2, -0.15) is 0 Å². The SMILES string of the molecule is COc1cc2c(cc1OC)CN(CC(=O)Nc1ccc3c(c1)/C(=C/c1ncc[nH]1)C(=O)N3)CC2. The number of carbonyl (C=O) groups excluding carboxylic acids is 2. The molecule has 3 aromatic rings. The van der Waals surface area contributed by atoms with Gasteiger partial charge in [-0.25, -0.2) is 4.98 Å². The summed E-state index contributed by atoms with van der Waals surface area (Å²) in [7, 11) is 3.25. The maximum atomic E-state index is 12.8. The van der Waals surface area contributed by atoms with Crippen LogP contribution in [0.4, 0.5) is 11.4 Å². The van der Waals surface area contributed by atoms with E-state index in [9.17, 15) is 9.59 Å². The molecule has 0 spiro atoms. The minimum atomic E-state index is -0.200. The number of methoxy groups -OCH3 is 2. The molecule has 2 aliphatic rings. The average Bonchev–Trinajstić information content (AvgIpc) is 3.46. The van der Waals surface area contributed by atoms with Gasteiger partial charge in [-0.05, 0) is 54.0 Å². The number of aromatic amines is 1. The Morgan fingerprint density at radius 1 is 1.18 bits per heavy atom. The highest BCUT2D eigenvalue weighted by Crippen LogP contribution is 2.35. The number of fused-ring (bicyclic) bond motifs is 2. The molecule has 2 aromatic carbocycles. The van der Waals surface area contributed by atoms with E-state index in [1.54, 1.807) is 44.8 Å². The molecule has 0 bridgehead atoms. The van der Waals surface area contributed by atoms with Crippen molar-refractivity contribution in [1.29, 1.82) is 0 Å². The molecular weight excluding hydrogens is 434 g/mol. The average molecular weight is 460 g/mol. The summed E-state index contributed by atoms with van der Waals surface area (Å²) in [5.74, 6) is 1.68. The summed E-state index contributed by atoms with van der Waals surface area (Å²) in [5.41, 5.74) is 4.91. The number of benzene rings is 2. The maximum Gasteiger partial charge on any atom is 0.256 e. The number of amides is 2. The summed E-state index contributed by atoms with van der Waals surface area (Å²) < 4.78 is 10.8. The summed E-state index contributed by atoms with van der Waals surface area (Å²) in [6, 6.07) is 9.38. The Hall–Kier alpha value is -4.11. The highest BCUT2D eigenvalue weighted by Gasteiger charge is 2.25. The number of imidazole rings is 1. The van der Waals surface area contributed by atoms with E-state index in [1.807, 2.05) is 18.2 Å². The lowest BCUT2D eigenvalue weighted by Gasteiger charge is -2.29. The molecule has 34 heavy (non-hydrogen) atoms. The van der Waals surface area contributed by atoms with Crippen LogP contribution >= 0.6 is 0 Å². The molecule has 1 aromatic heterocycles. The second-order valence-corrected chi connectivity index (χ2v) is 8.23. The lowest BCUT2D eigenvalue weighted by Crippen LogP contribution is -2.37. The zero-order chi connectivity index (χ0) is 23.7. The van der Waals surface area contributed by atoms with Crippen LogP contribution in [-0.2, 0) is 22.6 Å².